The first kappa shape index (κ1) is 17.0. The van der Waals surface area contributed by atoms with Gasteiger partial charge >= 0.3 is 0 Å². The van der Waals surface area contributed by atoms with Crippen molar-refractivity contribution in [3.8, 4) is 0 Å². The van der Waals surface area contributed by atoms with E-state index in [1.807, 2.05) is 34.7 Å². The largest absolute Gasteiger partial charge is 0.342 e. The number of benzene rings is 1. The molecule has 1 unspecified atom stereocenters. The Labute approximate surface area is 147 Å². The Kier molecular flexibility index (Phi) is 5.56. The van der Waals surface area contributed by atoms with Gasteiger partial charge in [-0.2, -0.15) is 0 Å². The third-order valence-corrected chi connectivity index (χ3v) is 5.47. The fraction of sp³-hybridized carbons (Fsp3) is 0.500. The Morgan fingerprint density at radius 2 is 2.08 bits per heavy atom. The Balaban J connectivity index is 1.57. The summed E-state index contributed by atoms with van der Waals surface area (Å²) in [5.74, 6) is 2.17. The smallest absolute Gasteiger partial charge is 0.233 e. The van der Waals surface area contributed by atoms with Crippen molar-refractivity contribution in [1.82, 2.24) is 19.7 Å². The molecule has 6 heteroatoms. The molecule has 3 rings (SSSR count). The number of hydrogen-bond acceptors (Lipinski definition) is 4. The number of rotatable bonds is 5. The minimum absolute atomic E-state index is 0.208. The number of likely N-dealkylation sites (tertiary alicyclic amines) is 1. The van der Waals surface area contributed by atoms with E-state index in [2.05, 4.69) is 29.3 Å². The van der Waals surface area contributed by atoms with Gasteiger partial charge in [-0.25, -0.2) is 0 Å². The highest BCUT2D eigenvalue weighted by Crippen LogP contribution is 2.20. The molecule has 0 aliphatic carbocycles. The van der Waals surface area contributed by atoms with Crippen molar-refractivity contribution in [3.63, 3.8) is 0 Å². The number of carbonyl (C=O) groups excluding carboxylic acids is 1. The molecule has 2 heterocycles. The molecule has 24 heavy (non-hydrogen) atoms. The molecule has 0 N–H and O–H groups in total. The lowest BCUT2D eigenvalue weighted by molar-refractivity contribution is -0.130. The molecule has 1 atom stereocenters. The van der Waals surface area contributed by atoms with Gasteiger partial charge in [0.25, 0.3) is 0 Å². The van der Waals surface area contributed by atoms with Crippen LogP contribution in [-0.2, 0) is 18.3 Å². The topological polar surface area (TPSA) is 51.0 Å². The van der Waals surface area contributed by atoms with E-state index in [1.54, 1.807) is 0 Å². The highest BCUT2D eigenvalue weighted by Gasteiger charge is 2.21. The van der Waals surface area contributed by atoms with Gasteiger partial charge in [-0.3, -0.25) is 4.79 Å². The summed E-state index contributed by atoms with van der Waals surface area (Å²) in [7, 11) is 1.97. The highest BCUT2D eigenvalue weighted by atomic mass is 32.2. The first-order valence-electron chi connectivity index (χ1n) is 8.46. The molecule has 2 aromatic rings. The van der Waals surface area contributed by atoms with Crippen molar-refractivity contribution in [2.24, 2.45) is 13.0 Å². The second-order valence-electron chi connectivity index (χ2n) is 6.50. The predicted molar refractivity (Wildman–Crippen MR) is 96.0 cm³/mol. The molecule has 128 valence electrons. The van der Waals surface area contributed by atoms with Gasteiger partial charge in [0.2, 0.25) is 5.91 Å². The normalized spacial score (nSPS) is 17.9. The second-order valence-corrected chi connectivity index (χ2v) is 7.44. The van der Waals surface area contributed by atoms with E-state index in [1.165, 1.54) is 23.7 Å². The van der Waals surface area contributed by atoms with Crippen LogP contribution in [0.4, 0.5) is 0 Å². The van der Waals surface area contributed by atoms with E-state index < -0.39 is 0 Å². The third-order valence-electron chi connectivity index (χ3n) is 4.46. The molecule has 1 aliphatic rings. The molecular formula is C18H24N4OS. The lowest BCUT2D eigenvalue weighted by atomic mass is 10.0. The summed E-state index contributed by atoms with van der Waals surface area (Å²) in [5, 5.41) is 9.33. The molecule has 0 bridgehead atoms. The summed E-state index contributed by atoms with van der Waals surface area (Å²) in [6.45, 7) is 3.99. The zero-order valence-corrected chi connectivity index (χ0v) is 15.1. The Hall–Kier alpha value is -1.82. The number of piperidine rings is 1. The Morgan fingerprint density at radius 1 is 1.29 bits per heavy atom. The molecule has 1 saturated heterocycles. The molecule has 0 saturated carbocycles. The van der Waals surface area contributed by atoms with Gasteiger partial charge in [0, 0.05) is 26.6 Å². The van der Waals surface area contributed by atoms with Crippen molar-refractivity contribution >= 4 is 17.7 Å². The number of aromatic nitrogens is 3. The van der Waals surface area contributed by atoms with Gasteiger partial charge in [0.1, 0.15) is 5.82 Å². The maximum absolute atomic E-state index is 12.4. The van der Waals surface area contributed by atoms with Gasteiger partial charge in [-0.15, -0.1) is 10.2 Å². The second kappa shape index (κ2) is 7.83. The molecule has 1 aromatic carbocycles. The number of amides is 1. The lowest BCUT2D eigenvalue weighted by Gasteiger charge is -2.30. The SMILES string of the molecule is CC1CCCN(C(=O)CSc2nnc(Cc3ccccc3)n2C)C1. The number of hydrogen-bond donors (Lipinski definition) is 0. The summed E-state index contributed by atoms with van der Waals surface area (Å²) in [6, 6.07) is 10.2. The average molecular weight is 344 g/mol. The van der Waals surface area contributed by atoms with E-state index in [-0.39, 0.29) is 5.91 Å². The Morgan fingerprint density at radius 3 is 2.83 bits per heavy atom. The van der Waals surface area contributed by atoms with E-state index in [9.17, 15) is 4.79 Å². The van der Waals surface area contributed by atoms with Crippen LogP contribution in [0.3, 0.4) is 0 Å². The van der Waals surface area contributed by atoms with E-state index in [4.69, 9.17) is 0 Å². The maximum atomic E-state index is 12.4. The van der Waals surface area contributed by atoms with Crippen LogP contribution >= 0.6 is 11.8 Å². The number of carbonyl (C=O) groups is 1. The molecular weight excluding hydrogens is 320 g/mol. The number of thioether (sulfide) groups is 1. The van der Waals surface area contributed by atoms with Crippen molar-refractivity contribution in [2.45, 2.75) is 31.3 Å². The van der Waals surface area contributed by atoms with Crippen LogP contribution in [0.1, 0.15) is 31.2 Å². The minimum atomic E-state index is 0.208. The van der Waals surface area contributed by atoms with Crippen LogP contribution in [-0.4, -0.2) is 44.4 Å². The van der Waals surface area contributed by atoms with Crippen molar-refractivity contribution < 1.29 is 4.79 Å². The molecule has 1 amide bonds. The van der Waals surface area contributed by atoms with Gasteiger partial charge in [-0.05, 0) is 24.3 Å². The van der Waals surface area contributed by atoms with Crippen LogP contribution in [0.15, 0.2) is 35.5 Å². The molecule has 1 aromatic heterocycles. The quantitative estimate of drug-likeness (QED) is 0.783. The zero-order chi connectivity index (χ0) is 16.9. The van der Waals surface area contributed by atoms with Crippen molar-refractivity contribution in [2.75, 3.05) is 18.8 Å². The standard InChI is InChI=1S/C18H24N4OS/c1-14-7-6-10-22(12-14)17(23)13-24-18-20-19-16(21(18)2)11-15-8-4-3-5-9-15/h3-5,8-9,14H,6-7,10-13H2,1-2H3. The van der Waals surface area contributed by atoms with Crippen molar-refractivity contribution in [1.29, 1.82) is 0 Å². The first-order valence-corrected chi connectivity index (χ1v) is 9.45. The summed E-state index contributed by atoms with van der Waals surface area (Å²) in [5.41, 5.74) is 1.21. The van der Waals surface area contributed by atoms with E-state index in [0.717, 1.165) is 36.9 Å². The fourth-order valence-corrected chi connectivity index (χ4v) is 3.87. The molecule has 1 fully saturated rings. The Bertz CT molecular complexity index is 686. The van der Waals surface area contributed by atoms with E-state index >= 15 is 0 Å². The maximum Gasteiger partial charge on any atom is 0.233 e. The molecule has 5 nitrogen and oxygen atoms in total. The fourth-order valence-electron chi connectivity index (χ4n) is 3.04. The molecule has 0 spiro atoms. The van der Waals surface area contributed by atoms with Crippen LogP contribution < -0.4 is 0 Å². The summed E-state index contributed by atoms with van der Waals surface area (Å²) in [4.78, 5) is 14.4. The van der Waals surface area contributed by atoms with E-state index in [0.29, 0.717) is 11.7 Å². The van der Waals surface area contributed by atoms with Gasteiger partial charge in [0.05, 0.1) is 5.75 Å². The molecule has 0 radical (unpaired) electrons. The lowest BCUT2D eigenvalue weighted by Crippen LogP contribution is -2.40. The van der Waals surface area contributed by atoms with Gasteiger partial charge in [0.15, 0.2) is 5.16 Å². The monoisotopic (exact) mass is 344 g/mol. The van der Waals surface area contributed by atoms with Crippen LogP contribution in [0.5, 0.6) is 0 Å². The number of nitrogens with zero attached hydrogens (tertiary/aromatic N) is 4. The molecule has 1 aliphatic heterocycles. The van der Waals surface area contributed by atoms with Crippen LogP contribution in [0.25, 0.3) is 0 Å². The van der Waals surface area contributed by atoms with Crippen molar-refractivity contribution in [3.05, 3.63) is 41.7 Å². The average Bonchev–Trinajstić information content (AvgIpc) is 2.94. The van der Waals surface area contributed by atoms with Crippen LogP contribution in [0, 0.1) is 5.92 Å². The first-order chi connectivity index (χ1) is 11.6. The summed E-state index contributed by atoms with van der Waals surface area (Å²) in [6.07, 6.45) is 3.09. The predicted octanol–water partition coefficient (Wildman–Crippen LogP) is 2.76. The van der Waals surface area contributed by atoms with Gasteiger partial charge < -0.3 is 9.47 Å². The minimum Gasteiger partial charge on any atom is -0.342 e. The third kappa shape index (κ3) is 4.17. The zero-order valence-electron chi connectivity index (χ0n) is 14.3. The summed E-state index contributed by atoms with van der Waals surface area (Å²) < 4.78 is 1.99. The highest BCUT2D eigenvalue weighted by molar-refractivity contribution is 7.99. The van der Waals surface area contributed by atoms with Gasteiger partial charge in [-0.1, -0.05) is 49.0 Å². The van der Waals surface area contributed by atoms with Crippen LogP contribution in [0.2, 0.25) is 0 Å². The summed E-state index contributed by atoms with van der Waals surface area (Å²) >= 11 is 1.48.